The number of hydrogen-bond acceptors (Lipinski definition) is 4. The molecule has 3 aliphatic heterocycles. The lowest BCUT2D eigenvalue weighted by molar-refractivity contribution is -0.123. The molecule has 10 heteroatoms. The Morgan fingerprint density at radius 3 is 2.63 bits per heavy atom. The molecule has 2 fully saturated rings. The van der Waals surface area contributed by atoms with Gasteiger partial charge in [-0.3, -0.25) is 14.5 Å². The van der Waals surface area contributed by atoms with Crippen LogP contribution in [-0.2, 0) is 15.0 Å². The average molecular weight is 611 g/mol. The van der Waals surface area contributed by atoms with Crippen LogP contribution in [0.1, 0.15) is 57.1 Å². The maximum Gasteiger partial charge on any atom is 0.237 e. The molecule has 0 aromatic heterocycles. The minimum atomic E-state index is -1.35. The van der Waals surface area contributed by atoms with Crippen LogP contribution in [0.3, 0.4) is 0 Å². The SMILES string of the molecule is CC(C)(C)C[C@H]1N[C@@H](C(=O)C[C@@H]2CCN(CCF)C[C@@H]2F)[C@H](c2cccc(Cl)c2F)[C@@]12C(=O)Nc1cc(Cl)ccc12. The monoisotopic (exact) mass is 609 g/mol. The summed E-state index contributed by atoms with van der Waals surface area (Å²) in [6.45, 7) is 6.31. The van der Waals surface area contributed by atoms with Crippen molar-refractivity contribution in [3.8, 4) is 0 Å². The summed E-state index contributed by atoms with van der Waals surface area (Å²) < 4.78 is 43.9. The number of fused-ring (bicyclic) bond motifs is 2. The number of alkyl halides is 2. The van der Waals surface area contributed by atoms with E-state index >= 15 is 8.78 Å². The van der Waals surface area contributed by atoms with Crippen molar-refractivity contribution in [2.75, 3.05) is 31.6 Å². The molecule has 0 bridgehead atoms. The van der Waals surface area contributed by atoms with Crippen LogP contribution in [0.2, 0.25) is 10.0 Å². The van der Waals surface area contributed by atoms with Crippen LogP contribution in [0.15, 0.2) is 36.4 Å². The molecule has 41 heavy (non-hydrogen) atoms. The molecule has 2 aromatic carbocycles. The van der Waals surface area contributed by atoms with E-state index in [1.165, 1.54) is 6.07 Å². The van der Waals surface area contributed by atoms with Crippen LogP contribution in [0.25, 0.3) is 0 Å². The number of benzene rings is 2. The van der Waals surface area contributed by atoms with Gasteiger partial charge in [0, 0.05) is 42.2 Å². The van der Waals surface area contributed by atoms with Gasteiger partial charge in [0.15, 0.2) is 5.78 Å². The number of nitrogens with zero attached hydrogens (tertiary/aromatic N) is 1. The van der Waals surface area contributed by atoms with Crippen molar-refractivity contribution < 1.29 is 22.8 Å². The second-order valence-corrected chi connectivity index (χ2v) is 13.7. The van der Waals surface area contributed by atoms with Crippen molar-refractivity contribution in [2.45, 2.75) is 69.6 Å². The van der Waals surface area contributed by atoms with Gasteiger partial charge in [-0.2, -0.15) is 0 Å². The van der Waals surface area contributed by atoms with Gasteiger partial charge in [-0.05, 0) is 60.0 Å². The highest BCUT2D eigenvalue weighted by Gasteiger charge is 2.66. The summed E-state index contributed by atoms with van der Waals surface area (Å²) in [6, 6.07) is 8.22. The first kappa shape index (κ1) is 30.3. The highest BCUT2D eigenvalue weighted by atomic mass is 35.5. The molecule has 1 amide bonds. The van der Waals surface area contributed by atoms with E-state index in [0.717, 1.165) is 0 Å². The van der Waals surface area contributed by atoms with Gasteiger partial charge >= 0.3 is 0 Å². The number of amides is 1. The Morgan fingerprint density at radius 1 is 1.20 bits per heavy atom. The lowest BCUT2D eigenvalue weighted by atomic mass is 9.62. The fourth-order valence-corrected chi connectivity index (χ4v) is 7.51. The number of nitrogens with one attached hydrogen (secondary N) is 2. The summed E-state index contributed by atoms with van der Waals surface area (Å²) in [7, 11) is 0. The fraction of sp³-hybridized carbons (Fsp3) is 0.548. The lowest BCUT2D eigenvalue weighted by Gasteiger charge is -2.38. The number of carbonyl (C=O) groups excluding carboxylic acids is 2. The molecule has 0 unspecified atom stereocenters. The lowest BCUT2D eigenvalue weighted by Crippen LogP contribution is -2.49. The van der Waals surface area contributed by atoms with Gasteiger partial charge in [0.2, 0.25) is 5.91 Å². The summed E-state index contributed by atoms with van der Waals surface area (Å²) in [5, 5.41) is 6.74. The van der Waals surface area contributed by atoms with Crippen LogP contribution >= 0.6 is 23.2 Å². The molecule has 5 nitrogen and oxygen atoms in total. The predicted octanol–water partition coefficient (Wildman–Crippen LogP) is 6.47. The quantitative estimate of drug-likeness (QED) is 0.378. The normalized spacial score (nSPS) is 30.0. The number of Topliss-reactive ketones (excluding diaryl/α,β-unsaturated/α-hetero) is 1. The average Bonchev–Trinajstić information content (AvgIpc) is 3.36. The van der Waals surface area contributed by atoms with Crippen molar-refractivity contribution >= 4 is 40.6 Å². The van der Waals surface area contributed by atoms with Crippen LogP contribution in [0, 0.1) is 17.2 Å². The first-order valence-electron chi connectivity index (χ1n) is 14.1. The van der Waals surface area contributed by atoms with Crippen molar-refractivity contribution in [1.82, 2.24) is 10.2 Å². The third-order valence-electron chi connectivity index (χ3n) is 8.91. The van der Waals surface area contributed by atoms with Gasteiger partial charge in [0.1, 0.15) is 24.1 Å². The molecule has 0 aliphatic carbocycles. The predicted molar refractivity (Wildman–Crippen MR) is 156 cm³/mol. The van der Waals surface area contributed by atoms with E-state index in [-0.39, 0.29) is 47.2 Å². The van der Waals surface area contributed by atoms with Gasteiger partial charge < -0.3 is 10.6 Å². The number of carbonyl (C=O) groups is 2. The van der Waals surface area contributed by atoms with Crippen LogP contribution in [-0.4, -0.2) is 61.2 Å². The van der Waals surface area contributed by atoms with Gasteiger partial charge in [-0.25, -0.2) is 13.2 Å². The molecular formula is C31H36Cl2F3N3O2. The van der Waals surface area contributed by atoms with Gasteiger partial charge in [-0.1, -0.05) is 62.2 Å². The Labute approximate surface area is 249 Å². The van der Waals surface area contributed by atoms with E-state index in [1.807, 2.05) is 20.8 Å². The minimum Gasteiger partial charge on any atom is -0.325 e. The molecule has 2 saturated heterocycles. The number of ketones is 1. The minimum absolute atomic E-state index is 0.0689. The van der Waals surface area contributed by atoms with E-state index < -0.39 is 48.0 Å². The standard InChI is InChI=1S/C31H36Cl2F3N3O2/c1-30(2,3)15-25-31(20-8-7-18(32)14-23(20)37-29(31)41)26(19-5-4-6-21(33)27(19)36)28(38-25)24(40)13-17-9-11-39(12-10-34)16-22(17)35/h4-8,14,17,22,25-26,28,38H,9-13,15-16H2,1-3H3,(H,37,41)/t17-,22-,25+,26-,28-,31-/m0/s1. The molecule has 3 aliphatic rings. The van der Waals surface area contributed by atoms with Gasteiger partial charge in [-0.15, -0.1) is 0 Å². The fourth-order valence-electron chi connectivity index (χ4n) is 7.16. The Hall–Kier alpha value is -2.13. The van der Waals surface area contributed by atoms with Gasteiger partial charge in [0.25, 0.3) is 0 Å². The molecule has 2 aromatic rings. The highest BCUT2D eigenvalue weighted by molar-refractivity contribution is 6.31. The zero-order valence-corrected chi connectivity index (χ0v) is 25.0. The number of halogens is 5. The summed E-state index contributed by atoms with van der Waals surface area (Å²) >= 11 is 12.5. The maximum atomic E-state index is 15.9. The third-order valence-corrected chi connectivity index (χ3v) is 9.44. The molecule has 6 atom stereocenters. The molecule has 3 heterocycles. The molecule has 2 N–H and O–H groups in total. The molecular weight excluding hydrogens is 574 g/mol. The molecule has 5 rings (SSSR count). The first-order valence-corrected chi connectivity index (χ1v) is 14.9. The van der Waals surface area contributed by atoms with Crippen LogP contribution in [0.5, 0.6) is 0 Å². The second-order valence-electron chi connectivity index (χ2n) is 12.8. The Kier molecular flexibility index (Phi) is 8.52. The van der Waals surface area contributed by atoms with Crippen molar-refractivity contribution in [1.29, 1.82) is 0 Å². The van der Waals surface area contributed by atoms with Crippen molar-refractivity contribution in [3.05, 3.63) is 63.4 Å². The zero-order chi connectivity index (χ0) is 29.7. The summed E-state index contributed by atoms with van der Waals surface area (Å²) in [5.41, 5.74) is -0.294. The smallest absolute Gasteiger partial charge is 0.237 e. The molecule has 0 radical (unpaired) electrons. The number of rotatable bonds is 7. The van der Waals surface area contributed by atoms with Crippen LogP contribution in [0.4, 0.5) is 18.9 Å². The Morgan fingerprint density at radius 2 is 1.95 bits per heavy atom. The topological polar surface area (TPSA) is 61.4 Å². The van der Waals surface area contributed by atoms with E-state index in [4.69, 9.17) is 23.2 Å². The second kappa shape index (κ2) is 11.5. The summed E-state index contributed by atoms with van der Waals surface area (Å²) in [6.07, 6.45) is -0.458. The Balaban J connectivity index is 1.61. The van der Waals surface area contributed by atoms with E-state index in [1.54, 1.807) is 35.2 Å². The van der Waals surface area contributed by atoms with Crippen molar-refractivity contribution in [3.63, 3.8) is 0 Å². The largest absolute Gasteiger partial charge is 0.325 e. The Bertz CT molecular complexity index is 1340. The highest BCUT2D eigenvalue weighted by Crippen LogP contribution is 2.57. The maximum absolute atomic E-state index is 15.9. The van der Waals surface area contributed by atoms with Crippen molar-refractivity contribution in [2.24, 2.45) is 11.3 Å². The molecule has 222 valence electrons. The van der Waals surface area contributed by atoms with Crippen LogP contribution < -0.4 is 10.6 Å². The number of likely N-dealkylation sites (tertiary alicyclic amines) is 1. The molecule has 0 saturated carbocycles. The first-order chi connectivity index (χ1) is 19.4. The number of anilines is 1. The van der Waals surface area contributed by atoms with Gasteiger partial charge in [0.05, 0.1) is 11.1 Å². The molecule has 1 spiro atoms. The number of hydrogen-bond donors (Lipinski definition) is 2. The summed E-state index contributed by atoms with van der Waals surface area (Å²) in [5.74, 6) is -2.82. The van der Waals surface area contributed by atoms with E-state index in [2.05, 4.69) is 10.6 Å². The third kappa shape index (κ3) is 5.53. The zero-order valence-electron chi connectivity index (χ0n) is 23.5. The van der Waals surface area contributed by atoms with E-state index in [0.29, 0.717) is 35.7 Å². The number of piperidine rings is 1. The van der Waals surface area contributed by atoms with E-state index in [9.17, 15) is 14.0 Å². The summed E-state index contributed by atoms with van der Waals surface area (Å²) in [4.78, 5) is 30.1.